The number of hydrogen-bond acceptors (Lipinski definition) is 2. The molecule has 0 unspecified atom stereocenters. The Balaban J connectivity index is 2.15. The molecule has 0 saturated heterocycles. The molecule has 78 valence electrons. The molecule has 0 fully saturated rings. The molecule has 0 aliphatic rings. The van der Waals surface area contributed by atoms with Gasteiger partial charge in [-0.2, -0.15) is 0 Å². The van der Waals surface area contributed by atoms with Crippen LogP contribution in [0.2, 0.25) is 0 Å². The zero-order chi connectivity index (χ0) is 10.2. The summed E-state index contributed by atoms with van der Waals surface area (Å²) >= 11 is 0. The minimum atomic E-state index is 0.933. The number of rotatable bonds is 6. The monoisotopic (exact) mass is 193 g/mol. The van der Waals surface area contributed by atoms with Crippen molar-refractivity contribution in [3.63, 3.8) is 0 Å². The number of unbranched alkanes of at least 4 members (excludes halogenated alkanes) is 1. The van der Waals surface area contributed by atoms with Crippen LogP contribution in [-0.2, 0) is 11.3 Å². The van der Waals surface area contributed by atoms with Crippen LogP contribution in [0.5, 0.6) is 0 Å². The van der Waals surface area contributed by atoms with Crippen molar-refractivity contribution < 1.29 is 4.84 Å². The standard InChI is InChI=1S/C12H19NO/c1-11-6-8-12(9-7-11)5-3-4-10-13-14-2/h6-9,13H,3-5,10H2,1-2H3. The fourth-order valence-corrected chi connectivity index (χ4v) is 1.38. The largest absolute Gasteiger partial charge is 0.305 e. The van der Waals surface area contributed by atoms with Crippen molar-refractivity contribution in [2.45, 2.75) is 26.2 Å². The predicted octanol–water partition coefficient (Wildman–Crippen LogP) is 2.47. The molecule has 0 bridgehead atoms. The van der Waals surface area contributed by atoms with Crippen molar-refractivity contribution in [1.29, 1.82) is 0 Å². The summed E-state index contributed by atoms with van der Waals surface area (Å²) in [5.41, 5.74) is 5.60. The minimum Gasteiger partial charge on any atom is -0.305 e. The third-order valence-electron chi connectivity index (χ3n) is 2.26. The van der Waals surface area contributed by atoms with Gasteiger partial charge in [-0.3, -0.25) is 0 Å². The van der Waals surface area contributed by atoms with Crippen LogP contribution in [0.4, 0.5) is 0 Å². The average molecular weight is 193 g/mol. The van der Waals surface area contributed by atoms with Crippen molar-refractivity contribution in [3.8, 4) is 0 Å². The number of aryl methyl sites for hydroxylation is 2. The lowest BCUT2D eigenvalue weighted by atomic mass is 10.1. The lowest BCUT2D eigenvalue weighted by molar-refractivity contribution is 0.0906. The quantitative estimate of drug-likeness (QED) is 0.553. The molecule has 1 aromatic carbocycles. The lowest BCUT2D eigenvalue weighted by Crippen LogP contribution is -2.12. The highest BCUT2D eigenvalue weighted by Gasteiger charge is 1.92. The first kappa shape index (κ1) is 11.2. The van der Waals surface area contributed by atoms with E-state index >= 15 is 0 Å². The molecule has 1 aromatic rings. The summed E-state index contributed by atoms with van der Waals surface area (Å²) in [4.78, 5) is 4.76. The summed E-state index contributed by atoms with van der Waals surface area (Å²) in [6.45, 7) is 3.05. The molecule has 0 atom stereocenters. The highest BCUT2D eigenvalue weighted by Crippen LogP contribution is 2.06. The summed E-state index contributed by atoms with van der Waals surface area (Å²) in [5.74, 6) is 0. The van der Waals surface area contributed by atoms with Gasteiger partial charge in [0.15, 0.2) is 0 Å². The van der Waals surface area contributed by atoms with Gasteiger partial charge in [-0.25, -0.2) is 5.48 Å². The van der Waals surface area contributed by atoms with E-state index in [-0.39, 0.29) is 0 Å². The molecule has 0 spiro atoms. The van der Waals surface area contributed by atoms with Gasteiger partial charge in [0.1, 0.15) is 0 Å². The van der Waals surface area contributed by atoms with Crippen LogP contribution in [0.3, 0.4) is 0 Å². The van der Waals surface area contributed by atoms with Gasteiger partial charge >= 0.3 is 0 Å². The molecule has 0 aromatic heterocycles. The van der Waals surface area contributed by atoms with E-state index in [0.29, 0.717) is 0 Å². The Bertz CT molecular complexity index is 243. The number of nitrogens with one attached hydrogen (secondary N) is 1. The van der Waals surface area contributed by atoms with Crippen LogP contribution in [0, 0.1) is 6.92 Å². The zero-order valence-corrected chi connectivity index (χ0v) is 9.05. The Hall–Kier alpha value is -0.860. The Morgan fingerprint density at radius 3 is 2.50 bits per heavy atom. The van der Waals surface area contributed by atoms with E-state index < -0.39 is 0 Å². The average Bonchev–Trinajstić information content (AvgIpc) is 2.21. The maximum atomic E-state index is 4.76. The van der Waals surface area contributed by atoms with E-state index in [1.54, 1.807) is 7.11 Å². The summed E-state index contributed by atoms with van der Waals surface area (Å²) < 4.78 is 0. The normalized spacial score (nSPS) is 10.4. The fraction of sp³-hybridized carbons (Fsp3) is 0.500. The van der Waals surface area contributed by atoms with E-state index in [4.69, 9.17) is 4.84 Å². The zero-order valence-electron chi connectivity index (χ0n) is 9.05. The van der Waals surface area contributed by atoms with Crippen LogP contribution in [0.1, 0.15) is 24.0 Å². The first-order valence-electron chi connectivity index (χ1n) is 5.14. The molecule has 2 nitrogen and oxygen atoms in total. The molecule has 1 N–H and O–H groups in total. The topological polar surface area (TPSA) is 21.3 Å². The molecule has 0 aliphatic carbocycles. The third-order valence-corrected chi connectivity index (χ3v) is 2.26. The molecule has 1 rings (SSSR count). The first-order chi connectivity index (χ1) is 6.83. The molecule has 0 heterocycles. The molecule has 0 saturated carbocycles. The van der Waals surface area contributed by atoms with Crippen LogP contribution >= 0.6 is 0 Å². The third kappa shape index (κ3) is 4.40. The summed E-state index contributed by atoms with van der Waals surface area (Å²) in [6.07, 6.45) is 3.52. The second-order valence-corrected chi connectivity index (χ2v) is 3.54. The van der Waals surface area contributed by atoms with Crippen LogP contribution in [0.25, 0.3) is 0 Å². The van der Waals surface area contributed by atoms with Gasteiger partial charge < -0.3 is 4.84 Å². The van der Waals surface area contributed by atoms with E-state index in [9.17, 15) is 0 Å². The van der Waals surface area contributed by atoms with Gasteiger partial charge in [0.05, 0.1) is 7.11 Å². The van der Waals surface area contributed by atoms with Gasteiger partial charge in [0, 0.05) is 6.54 Å². The Morgan fingerprint density at radius 1 is 1.14 bits per heavy atom. The Labute approximate surface area is 86.2 Å². The maximum absolute atomic E-state index is 4.76. The molecular weight excluding hydrogens is 174 g/mol. The number of benzene rings is 1. The van der Waals surface area contributed by atoms with E-state index in [1.807, 2.05) is 0 Å². The molecule has 2 heteroatoms. The minimum absolute atomic E-state index is 0.933. The van der Waals surface area contributed by atoms with Crippen molar-refractivity contribution >= 4 is 0 Å². The predicted molar refractivity (Wildman–Crippen MR) is 59.1 cm³/mol. The highest BCUT2D eigenvalue weighted by molar-refractivity contribution is 5.21. The Kier molecular flexibility index (Phi) is 5.27. The Morgan fingerprint density at radius 2 is 1.86 bits per heavy atom. The smallest absolute Gasteiger partial charge is 0.0572 e. The van der Waals surface area contributed by atoms with E-state index in [2.05, 4.69) is 36.7 Å². The fourth-order valence-electron chi connectivity index (χ4n) is 1.38. The van der Waals surface area contributed by atoms with Gasteiger partial charge in [0.2, 0.25) is 0 Å². The van der Waals surface area contributed by atoms with Crippen LogP contribution < -0.4 is 5.48 Å². The van der Waals surface area contributed by atoms with Crippen molar-refractivity contribution in [1.82, 2.24) is 5.48 Å². The molecular formula is C12H19NO. The SMILES string of the molecule is CONCCCCc1ccc(C)cc1. The molecule has 0 radical (unpaired) electrons. The molecule has 0 amide bonds. The second-order valence-electron chi connectivity index (χ2n) is 3.54. The number of hydrogen-bond donors (Lipinski definition) is 1. The second kappa shape index (κ2) is 6.57. The molecule has 14 heavy (non-hydrogen) atoms. The maximum Gasteiger partial charge on any atom is 0.0572 e. The van der Waals surface area contributed by atoms with Crippen molar-refractivity contribution in [2.24, 2.45) is 0 Å². The molecule has 0 aliphatic heterocycles. The summed E-state index contributed by atoms with van der Waals surface area (Å²) in [5, 5.41) is 0. The van der Waals surface area contributed by atoms with Gasteiger partial charge in [-0.15, -0.1) is 0 Å². The first-order valence-corrected chi connectivity index (χ1v) is 5.14. The highest BCUT2D eigenvalue weighted by atomic mass is 16.6. The van der Waals surface area contributed by atoms with Crippen molar-refractivity contribution in [3.05, 3.63) is 35.4 Å². The van der Waals surface area contributed by atoms with Crippen LogP contribution in [-0.4, -0.2) is 13.7 Å². The summed E-state index contributed by atoms with van der Waals surface area (Å²) in [6, 6.07) is 8.75. The summed E-state index contributed by atoms with van der Waals surface area (Å²) in [7, 11) is 1.65. The van der Waals surface area contributed by atoms with Gasteiger partial charge in [-0.05, 0) is 31.7 Å². The van der Waals surface area contributed by atoms with E-state index in [0.717, 1.165) is 19.4 Å². The lowest BCUT2D eigenvalue weighted by Gasteiger charge is -2.02. The van der Waals surface area contributed by atoms with Gasteiger partial charge in [0.25, 0.3) is 0 Å². The number of hydroxylamine groups is 1. The van der Waals surface area contributed by atoms with Crippen LogP contribution in [0.15, 0.2) is 24.3 Å². The van der Waals surface area contributed by atoms with E-state index in [1.165, 1.54) is 17.5 Å². The van der Waals surface area contributed by atoms with Gasteiger partial charge in [-0.1, -0.05) is 29.8 Å². The van der Waals surface area contributed by atoms with Crippen molar-refractivity contribution in [2.75, 3.05) is 13.7 Å².